The second kappa shape index (κ2) is 7.88. The van der Waals surface area contributed by atoms with Gasteiger partial charge >= 0.3 is 0 Å². The van der Waals surface area contributed by atoms with Gasteiger partial charge < -0.3 is 19.7 Å². The summed E-state index contributed by atoms with van der Waals surface area (Å²) in [6.07, 6.45) is 0.129. The first-order chi connectivity index (χ1) is 12.9. The third-order valence-corrected chi connectivity index (χ3v) is 4.85. The summed E-state index contributed by atoms with van der Waals surface area (Å²) in [4.78, 5) is 26.6. The first kappa shape index (κ1) is 19.0. The van der Waals surface area contributed by atoms with Gasteiger partial charge in [0.05, 0.1) is 30.8 Å². The van der Waals surface area contributed by atoms with Crippen LogP contribution in [0, 0.1) is 12.8 Å². The van der Waals surface area contributed by atoms with Gasteiger partial charge in [-0.15, -0.1) is 0 Å². The van der Waals surface area contributed by atoms with Crippen molar-refractivity contribution in [2.24, 2.45) is 5.92 Å². The quantitative estimate of drug-likeness (QED) is 0.848. The molecule has 2 aromatic carbocycles. The first-order valence-electron chi connectivity index (χ1n) is 8.52. The van der Waals surface area contributed by atoms with Gasteiger partial charge in [0.1, 0.15) is 11.5 Å². The van der Waals surface area contributed by atoms with Crippen molar-refractivity contribution >= 4 is 34.8 Å². The molecule has 1 aliphatic heterocycles. The van der Waals surface area contributed by atoms with Crippen molar-refractivity contribution in [3.8, 4) is 11.5 Å². The molecule has 0 bridgehead atoms. The number of aryl methyl sites for hydroxylation is 1. The third kappa shape index (κ3) is 4.01. The van der Waals surface area contributed by atoms with E-state index in [4.69, 9.17) is 21.1 Å². The van der Waals surface area contributed by atoms with Crippen LogP contribution in [0.3, 0.4) is 0 Å². The van der Waals surface area contributed by atoms with Gasteiger partial charge in [0, 0.05) is 24.7 Å². The molecular formula is C20H21ClN2O4. The van der Waals surface area contributed by atoms with E-state index in [1.54, 1.807) is 12.1 Å². The second-order valence-corrected chi connectivity index (χ2v) is 6.83. The lowest BCUT2D eigenvalue weighted by Gasteiger charge is -2.21. The molecule has 1 saturated heterocycles. The standard InChI is InChI=1S/C20H21ClN2O4/c1-12-4-6-14(7-5-12)22-20(25)13-8-19(24)23(11-13)16-9-15(21)17(26-2)10-18(16)27-3/h4-7,9-10,13H,8,11H2,1-3H3,(H,22,25)/t13-/m0/s1. The van der Waals surface area contributed by atoms with Gasteiger partial charge in [0.25, 0.3) is 0 Å². The number of carbonyl (C=O) groups excluding carboxylic acids is 2. The fourth-order valence-electron chi connectivity index (χ4n) is 3.05. The summed E-state index contributed by atoms with van der Waals surface area (Å²) in [6.45, 7) is 2.24. The van der Waals surface area contributed by atoms with Gasteiger partial charge in [0.15, 0.2) is 0 Å². The maximum Gasteiger partial charge on any atom is 0.229 e. The third-order valence-electron chi connectivity index (χ3n) is 4.56. The number of methoxy groups -OCH3 is 2. The van der Waals surface area contributed by atoms with Crippen molar-refractivity contribution < 1.29 is 19.1 Å². The lowest BCUT2D eigenvalue weighted by molar-refractivity contribution is -0.122. The molecule has 1 heterocycles. The Morgan fingerprint density at radius 3 is 2.44 bits per heavy atom. The largest absolute Gasteiger partial charge is 0.495 e. The van der Waals surface area contributed by atoms with E-state index in [0.717, 1.165) is 5.56 Å². The number of nitrogens with zero attached hydrogens (tertiary/aromatic N) is 1. The van der Waals surface area contributed by atoms with Crippen LogP contribution >= 0.6 is 11.6 Å². The minimum Gasteiger partial charge on any atom is -0.495 e. The monoisotopic (exact) mass is 388 g/mol. The van der Waals surface area contributed by atoms with Crippen LogP contribution in [0.15, 0.2) is 36.4 Å². The van der Waals surface area contributed by atoms with Crippen LogP contribution in [-0.2, 0) is 9.59 Å². The molecule has 0 radical (unpaired) electrons. The molecule has 0 saturated carbocycles. The molecule has 3 rings (SSSR count). The fraction of sp³-hybridized carbons (Fsp3) is 0.300. The van der Waals surface area contributed by atoms with Crippen LogP contribution in [0.2, 0.25) is 5.02 Å². The number of halogens is 1. The average molecular weight is 389 g/mol. The van der Waals surface area contributed by atoms with Crippen molar-refractivity contribution in [1.82, 2.24) is 0 Å². The number of amides is 2. The van der Waals surface area contributed by atoms with Crippen LogP contribution in [0.4, 0.5) is 11.4 Å². The second-order valence-electron chi connectivity index (χ2n) is 6.42. The van der Waals surface area contributed by atoms with Crippen molar-refractivity contribution in [3.63, 3.8) is 0 Å². The molecule has 2 aromatic rings. The van der Waals surface area contributed by atoms with E-state index in [0.29, 0.717) is 27.9 Å². The Kier molecular flexibility index (Phi) is 5.56. The van der Waals surface area contributed by atoms with Gasteiger partial charge in [-0.2, -0.15) is 0 Å². The Morgan fingerprint density at radius 1 is 1.15 bits per heavy atom. The van der Waals surface area contributed by atoms with Gasteiger partial charge in [0.2, 0.25) is 11.8 Å². The Hall–Kier alpha value is -2.73. The van der Waals surface area contributed by atoms with E-state index in [9.17, 15) is 9.59 Å². The van der Waals surface area contributed by atoms with Crippen LogP contribution < -0.4 is 19.7 Å². The van der Waals surface area contributed by atoms with Crippen molar-refractivity contribution in [2.75, 3.05) is 31.0 Å². The Balaban J connectivity index is 1.78. The van der Waals surface area contributed by atoms with E-state index in [1.807, 2.05) is 31.2 Å². The van der Waals surface area contributed by atoms with E-state index in [2.05, 4.69) is 5.32 Å². The summed E-state index contributed by atoms with van der Waals surface area (Å²) in [6, 6.07) is 10.8. The molecule has 1 aliphatic rings. The topological polar surface area (TPSA) is 67.9 Å². The summed E-state index contributed by atoms with van der Waals surface area (Å²) < 4.78 is 10.6. The Labute approximate surface area is 163 Å². The molecule has 7 heteroatoms. The zero-order chi connectivity index (χ0) is 19.6. The number of carbonyl (C=O) groups is 2. The zero-order valence-corrected chi connectivity index (χ0v) is 16.2. The number of ether oxygens (including phenoxy) is 2. The fourth-order valence-corrected chi connectivity index (χ4v) is 3.29. The van der Waals surface area contributed by atoms with E-state index in [-0.39, 0.29) is 24.8 Å². The molecule has 1 atom stereocenters. The van der Waals surface area contributed by atoms with Gasteiger partial charge in [-0.25, -0.2) is 0 Å². The highest BCUT2D eigenvalue weighted by atomic mass is 35.5. The number of anilines is 2. The number of nitrogens with one attached hydrogen (secondary N) is 1. The Morgan fingerprint density at radius 2 is 1.81 bits per heavy atom. The number of hydrogen-bond acceptors (Lipinski definition) is 4. The molecule has 0 aromatic heterocycles. The number of benzene rings is 2. The first-order valence-corrected chi connectivity index (χ1v) is 8.90. The minimum atomic E-state index is -0.454. The van der Waals surface area contributed by atoms with Gasteiger partial charge in [-0.1, -0.05) is 29.3 Å². The van der Waals surface area contributed by atoms with Crippen LogP contribution in [0.5, 0.6) is 11.5 Å². The normalized spacial score (nSPS) is 16.4. The van der Waals surface area contributed by atoms with Gasteiger partial charge in [-0.05, 0) is 25.1 Å². The highest BCUT2D eigenvalue weighted by molar-refractivity contribution is 6.32. The highest BCUT2D eigenvalue weighted by Gasteiger charge is 2.36. The summed E-state index contributed by atoms with van der Waals surface area (Å²) >= 11 is 6.21. The summed E-state index contributed by atoms with van der Waals surface area (Å²) in [5.41, 5.74) is 2.35. The molecule has 0 spiro atoms. The molecule has 0 unspecified atom stereocenters. The number of hydrogen-bond donors (Lipinski definition) is 1. The minimum absolute atomic E-state index is 0.129. The molecule has 1 N–H and O–H groups in total. The predicted molar refractivity (Wildman–Crippen MR) is 105 cm³/mol. The smallest absolute Gasteiger partial charge is 0.229 e. The zero-order valence-electron chi connectivity index (χ0n) is 15.4. The molecule has 1 fully saturated rings. The summed E-state index contributed by atoms with van der Waals surface area (Å²) in [5, 5.41) is 3.24. The maximum atomic E-state index is 12.6. The van der Waals surface area contributed by atoms with Crippen molar-refractivity contribution in [3.05, 3.63) is 47.0 Å². The van der Waals surface area contributed by atoms with Crippen molar-refractivity contribution in [2.45, 2.75) is 13.3 Å². The van der Waals surface area contributed by atoms with Crippen LogP contribution in [-0.4, -0.2) is 32.6 Å². The van der Waals surface area contributed by atoms with Crippen molar-refractivity contribution in [1.29, 1.82) is 0 Å². The molecular weight excluding hydrogens is 368 g/mol. The molecule has 0 aliphatic carbocycles. The molecule has 2 amide bonds. The van der Waals surface area contributed by atoms with E-state index in [1.165, 1.54) is 19.1 Å². The lowest BCUT2D eigenvalue weighted by Crippen LogP contribution is -2.28. The summed E-state index contributed by atoms with van der Waals surface area (Å²) in [5.74, 6) is 0.123. The van der Waals surface area contributed by atoms with Crippen LogP contribution in [0.25, 0.3) is 0 Å². The average Bonchev–Trinajstić information content (AvgIpc) is 3.05. The molecule has 6 nitrogen and oxygen atoms in total. The van der Waals surface area contributed by atoms with Gasteiger partial charge in [-0.3, -0.25) is 9.59 Å². The lowest BCUT2D eigenvalue weighted by atomic mass is 10.1. The van der Waals surface area contributed by atoms with E-state index >= 15 is 0 Å². The van der Waals surface area contributed by atoms with E-state index < -0.39 is 5.92 Å². The number of rotatable bonds is 5. The molecule has 27 heavy (non-hydrogen) atoms. The SMILES string of the molecule is COc1cc(OC)c(N2C[C@@H](C(=O)Nc3ccc(C)cc3)CC2=O)cc1Cl. The predicted octanol–water partition coefficient (Wildman–Crippen LogP) is 3.66. The summed E-state index contributed by atoms with van der Waals surface area (Å²) in [7, 11) is 3.01. The molecule has 142 valence electrons. The highest BCUT2D eigenvalue weighted by Crippen LogP contribution is 2.40. The Bertz CT molecular complexity index is 867. The van der Waals surface area contributed by atoms with Crippen LogP contribution in [0.1, 0.15) is 12.0 Å². The maximum absolute atomic E-state index is 12.6.